The summed E-state index contributed by atoms with van der Waals surface area (Å²) in [5, 5.41) is 2.76. The monoisotopic (exact) mass is 334 g/mol. The van der Waals surface area contributed by atoms with Crippen LogP contribution >= 0.6 is 0 Å². The molecule has 1 rings (SSSR count). The molecule has 1 unspecified atom stereocenters. The average Bonchev–Trinajstić information content (AvgIpc) is 2.44. The lowest BCUT2D eigenvalue weighted by molar-refractivity contribution is -0.164. The van der Waals surface area contributed by atoms with Crippen LogP contribution in [0.25, 0.3) is 0 Å². The predicted molar refractivity (Wildman–Crippen MR) is 95.5 cm³/mol. The standard InChI is InChI=1S/C19H30N2O3/c1-15(22)20-19(5,17(23)24-18(2,3)4)12-13-21(6)14-16-10-8-7-9-11-16/h7-11H,12-14H2,1-6H3,(H,20,22). The van der Waals surface area contributed by atoms with Gasteiger partial charge in [0.1, 0.15) is 11.1 Å². The lowest BCUT2D eigenvalue weighted by atomic mass is 9.96. The first-order chi connectivity index (χ1) is 11.0. The van der Waals surface area contributed by atoms with E-state index in [4.69, 9.17) is 4.74 Å². The summed E-state index contributed by atoms with van der Waals surface area (Å²) < 4.78 is 5.48. The Morgan fingerprint density at radius 2 is 1.71 bits per heavy atom. The van der Waals surface area contributed by atoms with Crippen LogP contribution in [0.3, 0.4) is 0 Å². The van der Waals surface area contributed by atoms with Gasteiger partial charge in [0.05, 0.1) is 0 Å². The number of esters is 1. The van der Waals surface area contributed by atoms with E-state index in [1.54, 1.807) is 6.92 Å². The van der Waals surface area contributed by atoms with Gasteiger partial charge in [0.25, 0.3) is 0 Å². The van der Waals surface area contributed by atoms with E-state index >= 15 is 0 Å². The third-order valence-electron chi connectivity index (χ3n) is 3.59. The number of hydrogen-bond acceptors (Lipinski definition) is 4. The topological polar surface area (TPSA) is 58.6 Å². The highest BCUT2D eigenvalue weighted by atomic mass is 16.6. The number of carbonyl (C=O) groups excluding carboxylic acids is 2. The van der Waals surface area contributed by atoms with E-state index < -0.39 is 17.1 Å². The van der Waals surface area contributed by atoms with E-state index in [2.05, 4.69) is 22.3 Å². The molecule has 24 heavy (non-hydrogen) atoms. The maximum absolute atomic E-state index is 12.5. The number of rotatable bonds is 7. The molecule has 0 saturated heterocycles. The second-order valence-corrected chi connectivity index (χ2v) is 7.49. The molecule has 1 N–H and O–H groups in total. The molecular weight excluding hydrogens is 304 g/mol. The summed E-state index contributed by atoms with van der Waals surface area (Å²) in [4.78, 5) is 26.2. The van der Waals surface area contributed by atoms with Crippen LogP contribution in [-0.4, -0.2) is 41.5 Å². The molecule has 1 aromatic carbocycles. The third-order valence-corrected chi connectivity index (χ3v) is 3.59. The minimum atomic E-state index is -1.04. The Hall–Kier alpha value is -1.88. The lowest BCUT2D eigenvalue weighted by Crippen LogP contribution is -2.55. The summed E-state index contributed by atoms with van der Waals surface area (Å²) in [5.41, 5.74) is -0.421. The second-order valence-electron chi connectivity index (χ2n) is 7.49. The molecule has 0 heterocycles. The van der Waals surface area contributed by atoms with Crippen LogP contribution in [0.2, 0.25) is 0 Å². The molecule has 0 saturated carbocycles. The first kappa shape index (κ1) is 20.2. The van der Waals surface area contributed by atoms with E-state index in [0.29, 0.717) is 13.0 Å². The molecule has 0 aliphatic heterocycles. The van der Waals surface area contributed by atoms with Crippen molar-refractivity contribution in [3.05, 3.63) is 35.9 Å². The van der Waals surface area contributed by atoms with E-state index in [0.717, 1.165) is 6.54 Å². The van der Waals surface area contributed by atoms with Crippen LogP contribution in [0.5, 0.6) is 0 Å². The van der Waals surface area contributed by atoms with Gasteiger partial charge in [-0.3, -0.25) is 4.79 Å². The third kappa shape index (κ3) is 7.13. The van der Waals surface area contributed by atoms with Crippen molar-refractivity contribution in [1.82, 2.24) is 10.2 Å². The zero-order valence-electron chi connectivity index (χ0n) is 15.7. The molecule has 0 spiro atoms. The summed E-state index contributed by atoms with van der Waals surface area (Å²) in [5.74, 6) is -0.646. The Morgan fingerprint density at radius 1 is 1.12 bits per heavy atom. The lowest BCUT2D eigenvalue weighted by Gasteiger charge is -2.33. The average molecular weight is 334 g/mol. The Morgan fingerprint density at radius 3 is 2.21 bits per heavy atom. The van der Waals surface area contributed by atoms with Gasteiger partial charge in [-0.15, -0.1) is 0 Å². The molecule has 1 atom stereocenters. The minimum Gasteiger partial charge on any atom is -0.458 e. The fraction of sp³-hybridized carbons (Fsp3) is 0.579. The highest BCUT2D eigenvalue weighted by Crippen LogP contribution is 2.18. The molecule has 0 radical (unpaired) electrons. The smallest absolute Gasteiger partial charge is 0.332 e. The maximum atomic E-state index is 12.5. The molecule has 0 aliphatic rings. The number of nitrogens with zero attached hydrogens (tertiary/aromatic N) is 1. The highest BCUT2D eigenvalue weighted by Gasteiger charge is 2.37. The van der Waals surface area contributed by atoms with E-state index in [9.17, 15) is 9.59 Å². The zero-order chi connectivity index (χ0) is 18.4. The number of nitrogens with one attached hydrogen (secondary N) is 1. The number of carbonyl (C=O) groups is 2. The van der Waals surface area contributed by atoms with Crippen LogP contribution < -0.4 is 5.32 Å². The van der Waals surface area contributed by atoms with Gasteiger partial charge in [0.2, 0.25) is 5.91 Å². The van der Waals surface area contributed by atoms with Crippen LogP contribution in [0.4, 0.5) is 0 Å². The van der Waals surface area contributed by atoms with E-state index in [1.807, 2.05) is 46.0 Å². The Balaban J connectivity index is 2.71. The summed E-state index contributed by atoms with van der Waals surface area (Å²) in [6.07, 6.45) is 0.477. The summed E-state index contributed by atoms with van der Waals surface area (Å²) in [7, 11) is 2.00. The molecule has 134 valence electrons. The maximum Gasteiger partial charge on any atom is 0.332 e. The fourth-order valence-corrected chi connectivity index (χ4v) is 2.38. The van der Waals surface area contributed by atoms with Crippen LogP contribution in [-0.2, 0) is 20.9 Å². The Labute approximate surface area is 145 Å². The van der Waals surface area contributed by atoms with Gasteiger partial charge in [0, 0.05) is 20.0 Å². The van der Waals surface area contributed by atoms with Gasteiger partial charge < -0.3 is 15.0 Å². The molecule has 0 bridgehead atoms. The molecule has 1 aromatic rings. The van der Waals surface area contributed by atoms with Crippen molar-refractivity contribution in [2.24, 2.45) is 0 Å². The number of ether oxygens (including phenoxy) is 1. The molecule has 0 fully saturated rings. The quantitative estimate of drug-likeness (QED) is 0.779. The molecule has 0 aromatic heterocycles. The summed E-state index contributed by atoms with van der Waals surface area (Å²) in [6, 6.07) is 10.1. The summed E-state index contributed by atoms with van der Waals surface area (Å²) in [6.45, 7) is 10.0. The molecule has 0 aliphatic carbocycles. The largest absolute Gasteiger partial charge is 0.458 e. The predicted octanol–water partition coefficient (Wildman–Crippen LogP) is 2.75. The molecule has 5 nitrogen and oxygen atoms in total. The van der Waals surface area contributed by atoms with Gasteiger partial charge in [-0.25, -0.2) is 4.79 Å². The van der Waals surface area contributed by atoms with Gasteiger partial charge in [-0.05, 0) is 46.7 Å². The van der Waals surface area contributed by atoms with Crippen molar-refractivity contribution in [3.8, 4) is 0 Å². The highest BCUT2D eigenvalue weighted by molar-refractivity contribution is 5.87. The molecule has 1 amide bonds. The zero-order valence-corrected chi connectivity index (χ0v) is 15.7. The van der Waals surface area contributed by atoms with Crippen molar-refractivity contribution < 1.29 is 14.3 Å². The van der Waals surface area contributed by atoms with Crippen molar-refractivity contribution >= 4 is 11.9 Å². The van der Waals surface area contributed by atoms with Crippen LogP contribution in [0.15, 0.2) is 30.3 Å². The number of amides is 1. The first-order valence-electron chi connectivity index (χ1n) is 8.26. The van der Waals surface area contributed by atoms with Crippen molar-refractivity contribution in [3.63, 3.8) is 0 Å². The fourth-order valence-electron chi connectivity index (χ4n) is 2.38. The Bertz CT molecular complexity index is 551. The van der Waals surface area contributed by atoms with Crippen molar-refractivity contribution in [1.29, 1.82) is 0 Å². The minimum absolute atomic E-state index is 0.242. The first-order valence-corrected chi connectivity index (χ1v) is 8.26. The molecular formula is C19H30N2O3. The van der Waals surface area contributed by atoms with Crippen molar-refractivity contribution in [2.75, 3.05) is 13.6 Å². The van der Waals surface area contributed by atoms with Crippen LogP contribution in [0, 0.1) is 0 Å². The van der Waals surface area contributed by atoms with Gasteiger partial charge in [-0.1, -0.05) is 30.3 Å². The number of benzene rings is 1. The van der Waals surface area contributed by atoms with E-state index in [-0.39, 0.29) is 5.91 Å². The van der Waals surface area contributed by atoms with E-state index in [1.165, 1.54) is 12.5 Å². The number of hydrogen-bond donors (Lipinski definition) is 1. The second kappa shape index (κ2) is 8.29. The van der Waals surface area contributed by atoms with Gasteiger partial charge in [0.15, 0.2) is 0 Å². The van der Waals surface area contributed by atoms with Gasteiger partial charge >= 0.3 is 5.97 Å². The molecule has 5 heteroatoms. The van der Waals surface area contributed by atoms with Crippen molar-refractivity contribution in [2.45, 2.75) is 58.7 Å². The van der Waals surface area contributed by atoms with Crippen LogP contribution in [0.1, 0.15) is 46.6 Å². The normalized spacial score (nSPS) is 14.1. The van der Waals surface area contributed by atoms with Gasteiger partial charge in [-0.2, -0.15) is 0 Å². The Kier molecular flexibility index (Phi) is 6.96. The SMILES string of the molecule is CC(=O)NC(C)(CCN(C)Cc1ccccc1)C(=O)OC(C)(C)C. The summed E-state index contributed by atoms with van der Waals surface area (Å²) >= 11 is 0.